The zero-order valence-electron chi connectivity index (χ0n) is 11.7. The van der Waals surface area contributed by atoms with Crippen LogP contribution in [0.25, 0.3) is 0 Å². The lowest BCUT2D eigenvalue weighted by Crippen LogP contribution is -2.32. The van der Waals surface area contributed by atoms with E-state index in [-0.39, 0.29) is 0 Å². The molecule has 1 heteroatoms. The summed E-state index contributed by atoms with van der Waals surface area (Å²) < 4.78 is 0. The van der Waals surface area contributed by atoms with Crippen molar-refractivity contribution >= 4 is 0 Å². The Labute approximate surface area is 107 Å². The van der Waals surface area contributed by atoms with E-state index in [0.717, 1.165) is 23.8 Å². The van der Waals surface area contributed by atoms with Crippen LogP contribution >= 0.6 is 0 Å². The predicted octanol–water partition coefficient (Wildman–Crippen LogP) is 4.15. The number of hydrogen-bond donors (Lipinski definition) is 1. The first-order valence-corrected chi connectivity index (χ1v) is 7.61. The molecule has 2 fully saturated rings. The molecule has 2 aliphatic rings. The first-order valence-electron chi connectivity index (χ1n) is 7.61. The number of fused-ring (bicyclic) bond motifs is 1. The number of rotatable bonds is 7. The van der Waals surface area contributed by atoms with Crippen molar-refractivity contribution in [1.29, 1.82) is 0 Å². The Bertz CT molecular complexity index is 246. The van der Waals surface area contributed by atoms with E-state index in [4.69, 9.17) is 0 Å². The van der Waals surface area contributed by atoms with E-state index in [1.807, 2.05) is 0 Å². The summed E-state index contributed by atoms with van der Waals surface area (Å²) in [5.41, 5.74) is 1.34. The van der Waals surface area contributed by atoms with E-state index in [9.17, 15) is 0 Å². The van der Waals surface area contributed by atoms with Crippen molar-refractivity contribution in [2.24, 2.45) is 17.8 Å². The molecule has 0 heterocycles. The minimum absolute atomic E-state index is 0.778. The minimum atomic E-state index is 0.778. The second kappa shape index (κ2) is 6.04. The van der Waals surface area contributed by atoms with Gasteiger partial charge in [0.15, 0.2) is 0 Å². The molecule has 0 aromatic carbocycles. The maximum Gasteiger partial charge on any atom is 0.0104 e. The third kappa shape index (κ3) is 3.34. The smallest absolute Gasteiger partial charge is 0.0104 e. The van der Waals surface area contributed by atoms with Crippen molar-refractivity contribution in [2.45, 2.75) is 64.8 Å². The van der Waals surface area contributed by atoms with Gasteiger partial charge in [0.1, 0.15) is 0 Å². The topological polar surface area (TPSA) is 12.0 Å². The number of hydrogen-bond acceptors (Lipinski definition) is 1. The molecular weight excluding hydrogens is 206 g/mol. The van der Waals surface area contributed by atoms with Crippen molar-refractivity contribution < 1.29 is 0 Å². The van der Waals surface area contributed by atoms with E-state index >= 15 is 0 Å². The maximum absolute atomic E-state index is 4.05. The molecule has 0 aliphatic heterocycles. The van der Waals surface area contributed by atoms with E-state index in [1.165, 1.54) is 57.1 Å². The molecule has 98 valence electrons. The fraction of sp³-hybridized carbons (Fsp3) is 0.875. The molecule has 0 aromatic rings. The average molecular weight is 235 g/mol. The predicted molar refractivity (Wildman–Crippen MR) is 75.1 cm³/mol. The molecule has 2 aliphatic carbocycles. The highest BCUT2D eigenvalue weighted by Crippen LogP contribution is 2.57. The third-order valence-electron chi connectivity index (χ3n) is 4.73. The monoisotopic (exact) mass is 235 g/mol. The molecule has 0 spiro atoms. The fourth-order valence-electron chi connectivity index (χ4n) is 3.81. The van der Waals surface area contributed by atoms with Crippen LogP contribution < -0.4 is 5.32 Å². The van der Waals surface area contributed by atoms with Crippen LogP contribution in [0.5, 0.6) is 0 Å². The van der Waals surface area contributed by atoms with Gasteiger partial charge in [0.2, 0.25) is 0 Å². The Kier molecular flexibility index (Phi) is 4.67. The molecule has 2 rings (SSSR count). The van der Waals surface area contributed by atoms with Crippen molar-refractivity contribution in [3.8, 4) is 0 Å². The van der Waals surface area contributed by atoms with Crippen LogP contribution in [-0.2, 0) is 0 Å². The van der Waals surface area contributed by atoms with Crippen molar-refractivity contribution in [1.82, 2.24) is 5.32 Å². The van der Waals surface area contributed by atoms with Crippen molar-refractivity contribution in [3.63, 3.8) is 0 Å². The third-order valence-corrected chi connectivity index (χ3v) is 4.73. The Hall–Kier alpha value is -0.300. The van der Waals surface area contributed by atoms with Gasteiger partial charge in [-0.2, -0.15) is 0 Å². The van der Waals surface area contributed by atoms with Gasteiger partial charge in [0, 0.05) is 6.04 Å². The summed E-state index contributed by atoms with van der Waals surface area (Å²) in [5, 5.41) is 3.80. The number of allylic oxidation sites excluding steroid dienone is 1. The van der Waals surface area contributed by atoms with Gasteiger partial charge in [-0.1, -0.05) is 25.3 Å². The Morgan fingerprint density at radius 1 is 1.29 bits per heavy atom. The molecule has 3 unspecified atom stereocenters. The second-order valence-electron chi connectivity index (χ2n) is 6.25. The van der Waals surface area contributed by atoms with Crippen LogP contribution in [0.3, 0.4) is 0 Å². The molecule has 0 aromatic heterocycles. The van der Waals surface area contributed by atoms with Gasteiger partial charge in [-0.3, -0.25) is 0 Å². The minimum Gasteiger partial charge on any atom is -0.314 e. The zero-order valence-corrected chi connectivity index (χ0v) is 11.7. The lowest BCUT2D eigenvalue weighted by atomic mass is 10.0. The molecule has 3 atom stereocenters. The molecule has 1 nitrogen and oxygen atoms in total. The first-order chi connectivity index (χ1) is 8.24. The van der Waals surface area contributed by atoms with Gasteiger partial charge in [-0.05, 0) is 63.3 Å². The molecule has 0 radical (unpaired) electrons. The Morgan fingerprint density at radius 3 is 2.47 bits per heavy atom. The lowest BCUT2D eigenvalue weighted by Gasteiger charge is -2.19. The van der Waals surface area contributed by atoms with Crippen LogP contribution in [0.2, 0.25) is 0 Å². The summed E-state index contributed by atoms with van der Waals surface area (Å²) >= 11 is 0. The van der Waals surface area contributed by atoms with Gasteiger partial charge >= 0.3 is 0 Å². The van der Waals surface area contributed by atoms with E-state index in [2.05, 4.69) is 25.7 Å². The highest BCUT2D eigenvalue weighted by molar-refractivity contribution is 5.05. The number of nitrogens with one attached hydrogen (secondary N) is 1. The molecule has 0 amide bonds. The lowest BCUT2D eigenvalue weighted by molar-refractivity contribution is 0.406. The standard InChI is InChI=1S/C16H29N/c1-4-11-17-15(10-9-12(2)3)16-13-7-5-6-8-14(13)16/h13-17H,2,4-11H2,1,3H3. The summed E-state index contributed by atoms with van der Waals surface area (Å²) in [6.07, 6.45) is 9.76. The summed E-state index contributed by atoms with van der Waals surface area (Å²) in [5.74, 6) is 3.15. The average Bonchev–Trinajstić information content (AvgIpc) is 3.03. The molecular formula is C16H29N. The van der Waals surface area contributed by atoms with Gasteiger partial charge in [0.25, 0.3) is 0 Å². The highest BCUT2D eigenvalue weighted by Gasteiger charge is 2.53. The van der Waals surface area contributed by atoms with Gasteiger partial charge in [-0.25, -0.2) is 0 Å². The summed E-state index contributed by atoms with van der Waals surface area (Å²) in [6.45, 7) is 9.67. The zero-order chi connectivity index (χ0) is 12.3. The first kappa shape index (κ1) is 13.1. The van der Waals surface area contributed by atoms with E-state index in [0.29, 0.717) is 0 Å². The Morgan fingerprint density at radius 2 is 1.94 bits per heavy atom. The van der Waals surface area contributed by atoms with Crippen LogP contribution in [0.1, 0.15) is 58.8 Å². The normalized spacial score (nSPS) is 32.9. The second-order valence-corrected chi connectivity index (χ2v) is 6.25. The summed E-state index contributed by atoms with van der Waals surface area (Å²) in [4.78, 5) is 0. The summed E-state index contributed by atoms with van der Waals surface area (Å²) in [6, 6.07) is 0.778. The fourth-order valence-corrected chi connectivity index (χ4v) is 3.81. The molecule has 17 heavy (non-hydrogen) atoms. The van der Waals surface area contributed by atoms with Crippen LogP contribution in [-0.4, -0.2) is 12.6 Å². The largest absolute Gasteiger partial charge is 0.314 e. The highest BCUT2D eigenvalue weighted by atomic mass is 14.9. The molecule has 1 N–H and O–H groups in total. The Balaban J connectivity index is 1.84. The van der Waals surface area contributed by atoms with Crippen LogP contribution in [0.4, 0.5) is 0 Å². The van der Waals surface area contributed by atoms with Crippen LogP contribution in [0, 0.1) is 17.8 Å². The van der Waals surface area contributed by atoms with Crippen LogP contribution in [0.15, 0.2) is 12.2 Å². The van der Waals surface area contributed by atoms with Gasteiger partial charge in [0.05, 0.1) is 0 Å². The molecule has 0 bridgehead atoms. The summed E-state index contributed by atoms with van der Waals surface area (Å²) in [7, 11) is 0. The molecule has 2 saturated carbocycles. The van der Waals surface area contributed by atoms with E-state index in [1.54, 1.807) is 0 Å². The quantitative estimate of drug-likeness (QED) is 0.654. The van der Waals surface area contributed by atoms with Crippen molar-refractivity contribution in [2.75, 3.05) is 6.54 Å². The van der Waals surface area contributed by atoms with Gasteiger partial charge < -0.3 is 5.32 Å². The SMILES string of the molecule is C=C(C)CCC(NCCC)C1C2CCCCC21. The van der Waals surface area contributed by atoms with E-state index < -0.39 is 0 Å². The van der Waals surface area contributed by atoms with Gasteiger partial charge in [-0.15, -0.1) is 6.58 Å². The maximum atomic E-state index is 4.05. The molecule has 0 saturated heterocycles. The van der Waals surface area contributed by atoms with Crippen molar-refractivity contribution in [3.05, 3.63) is 12.2 Å².